The molecule has 176 valence electrons. The van der Waals surface area contributed by atoms with E-state index in [0.717, 1.165) is 26.2 Å². The van der Waals surface area contributed by atoms with Crippen LogP contribution in [0.15, 0.2) is 48.3 Å². The lowest BCUT2D eigenvalue weighted by Crippen LogP contribution is -2.39. The standard InChI is InChI=1S/C23H25N3O5.CH4O/c1-29-10-4-5-15(14-24)22(27)18-13-19(23(28)25-16-8-11-31-12-9-16)26-21-17(18)6-3-7-20(21)30-2;1-2/h3-7,10,13-14,16,24H,8-9,11-12H2,1-2H3,(H,25,28);2H,1H3/b10-4+,15-5+,24-14?;. The number of para-hydroxylation sites is 1. The molecule has 0 aliphatic carbocycles. The zero-order valence-electron chi connectivity index (χ0n) is 19.0. The maximum absolute atomic E-state index is 13.2. The average molecular weight is 456 g/mol. The van der Waals surface area contributed by atoms with Crippen LogP contribution in [-0.4, -0.2) is 68.6 Å². The van der Waals surface area contributed by atoms with Crippen LogP contribution in [0.2, 0.25) is 0 Å². The van der Waals surface area contributed by atoms with E-state index in [2.05, 4.69) is 10.3 Å². The Labute approximate surface area is 192 Å². The summed E-state index contributed by atoms with van der Waals surface area (Å²) >= 11 is 0. The van der Waals surface area contributed by atoms with Crippen molar-refractivity contribution in [2.24, 2.45) is 0 Å². The zero-order chi connectivity index (χ0) is 24.2. The largest absolute Gasteiger partial charge is 0.504 e. The molecule has 2 heterocycles. The van der Waals surface area contributed by atoms with Gasteiger partial charge in [-0.05, 0) is 37.1 Å². The number of Topliss-reactive ketones (excluding diaryl/α,β-unsaturated/α-hetero) is 1. The molecule has 1 fully saturated rings. The molecule has 1 aromatic heterocycles. The number of nitrogens with zero attached hydrogens (tertiary/aromatic N) is 1. The van der Waals surface area contributed by atoms with Crippen LogP contribution in [0, 0.1) is 5.41 Å². The van der Waals surface area contributed by atoms with Crippen molar-refractivity contribution in [2.75, 3.05) is 34.5 Å². The van der Waals surface area contributed by atoms with E-state index in [1.807, 2.05) is 0 Å². The number of aromatic nitrogens is 1. The summed E-state index contributed by atoms with van der Waals surface area (Å²) < 4.78 is 15.6. The highest BCUT2D eigenvalue weighted by atomic mass is 16.5. The molecule has 1 aliphatic heterocycles. The molecule has 0 saturated carbocycles. The number of hydrogen-bond donors (Lipinski definition) is 3. The Morgan fingerprint density at radius 3 is 2.61 bits per heavy atom. The molecule has 9 nitrogen and oxygen atoms in total. The first kappa shape index (κ1) is 25.7. The number of fused-ring (bicyclic) bond motifs is 1. The van der Waals surface area contributed by atoms with Crippen LogP contribution in [-0.2, 0) is 9.47 Å². The van der Waals surface area contributed by atoms with Crippen LogP contribution in [0.25, 0.3) is 10.9 Å². The van der Waals surface area contributed by atoms with Gasteiger partial charge in [0, 0.05) is 49.1 Å². The minimum Gasteiger partial charge on any atom is -0.504 e. The molecule has 1 aromatic carbocycles. The Morgan fingerprint density at radius 2 is 1.97 bits per heavy atom. The molecule has 3 N–H and O–H groups in total. The van der Waals surface area contributed by atoms with Crippen molar-refractivity contribution in [1.29, 1.82) is 5.41 Å². The summed E-state index contributed by atoms with van der Waals surface area (Å²) in [4.78, 5) is 30.6. The van der Waals surface area contributed by atoms with Crippen LogP contribution in [0.1, 0.15) is 33.7 Å². The van der Waals surface area contributed by atoms with Crippen molar-refractivity contribution >= 4 is 28.8 Å². The number of amides is 1. The molecule has 1 saturated heterocycles. The van der Waals surface area contributed by atoms with E-state index in [1.165, 1.54) is 38.7 Å². The number of pyridine rings is 1. The number of carbonyl (C=O) groups is 2. The highest BCUT2D eigenvalue weighted by Crippen LogP contribution is 2.28. The first-order chi connectivity index (χ1) is 16.1. The Hall–Kier alpha value is -3.56. The Morgan fingerprint density at radius 1 is 1.24 bits per heavy atom. The van der Waals surface area contributed by atoms with Gasteiger partial charge in [0.05, 0.1) is 20.5 Å². The molecular formula is C24H29N3O6. The van der Waals surface area contributed by atoms with Gasteiger partial charge in [-0.3, -0.25) is 9.59 Å². The fraction of sp³-hybridized carbons (Fsp3) is 0.333. The van der Waals surface area contributed by atoms with Gasteiger partial charge in [0.25, 0.3) is 5.91 Å². The third kappa shape index (κ3) is 6.47. The molecule has 1 amide bonds. The van der Waals surface area contributed by atoms with Crippen molar-refractivity contribution in [3.8, 4) is 5.75 Å². The van der Waals surface area contributed by atoms with E-state index >= 15 is 0 Å². The number of ketones is 1. The van der Waals surface area contributed by atoms with Crippen LogP contribution in [0.4, 0.5) is 0 Å². The molecule has 0 unspecified atom stereocenters. The van der Waals surface area contributed by atoms with Crippen molar-refractivity contribution in [3.63, 3.8) is 0 Å². The van der Waals surface area contributed by atoms with E-state index in [9.17, 15) is 9.59 Å². The fourth-order valence-corrected chi connectivity index (χ4v) is 3.36. The minimum absolute atomic E-state index is 0.00761. The van der Waals surface area contributed by atoms with Crippen molar-refractivity contribution in [2.45, 2.75) is 18.9 Å². The molecule has 0 bridgehead atoms. The van der Waals surface area contributed by atoms with E-state index in [0.29, 0.717) is 29.9 Å². The lowest BCUT2D eigenvalue weighted by atomic mass is 9.98. The molecule has 3 rings (SSSR count). The Bertz CT molecular complexity index is 1040. The minimum atomic E-state index is -0.406. The number of benzene rings is 1. The number of hydrogen-bond acceptors (Lipinski definition) is 8. The zero-order valence-corrected chi connectivity index (χ0v) is 19.0. The van der Waals surface area contributed by atoms with E-state index in [4.69, 9.17) is 24.7 Å². The van der Waals surface area contributed by atoms with Gasteiger partial charge < -0.3 is 30.0 Å². The number of aliphatic hydroxyl groups is 1. The summed E-state index contributed by atoms with van der Waals surface area (Å²) in [5.74, 6) is -0.322. The summed E-state index contributed by atoms with van der Waals surface area (Å²) in [6.45, 7) is 1.19. The van der Waals surface area contributed by atoms with Crippen LogP contribution < -0.4 is 10.1 Å². The van der Waals surface area contributed by atoms with Gasteiger partial charge in [-0.25, -0.2) is 4.98 Å². The SMILES string of the molecule is CO.CO/C=C/C=C(\C=N)C(=O)c1cc(C(=O)NC2CCOCC2)nc2c(OC)cccc12. The van der Waals surface area contributed by atoms with Gasteiger partial charge in [0.2, 0.25) is 0 Å². The summed E-state index contributed by atoms with van der Waals surface area (Å²) in [6, 6.07) is 6.67. The first-order valence-corrected chi connectivity index (χ1v) is 10.3. The van der Waals surface area contributed by atoms with Gasteiger partial charge in [0.15, 0.2) is 5.78 Å². The fourth-order valence-electron chi connectivity index (χ4n) is 3.36. The highest BCUT2D eigenvalue weighted by molar-refractivity contribution is 6.25. The third-order valence-electron chi connectivity index (χ3n) is 4.96. The predicted molar refractivity (Wildman–Crippen MR) is 125 cm³/mol. The normalized spacial score (nSPS) is 14.4. The smallest absolute Gasteiger partial charge is 0.270 e. The van der Waals surface area contributed by atoms with Crippen molar-refractivity contribution < 1.29 is 28.9 Å². The molecule has 2 aromatic rings. The van der Waals surface area contributed by atoms with Gasteiger partial charge >= 0.3 is 0 Å². The highest BCUT2D eigenvalue weighted by Gasteiger charge is 2.22. The summed E-state index contributed by atoms with van der Waals surface area (Å²) in [5.41, 5.74) is 0.925. The monoisotopic (exact) mass is 455 g/mol. The van der Waals surface area contributed by atoms with Crippen molar-refractivity contribution in [3.05, 3.63) is 59.5 Å². The Balaban J connectivity index is 0.00000187. The second-order valence-electron chi connectivity index (χ2n) is 6.93. The second kappa shape index (κ2) is 13.1. The topological polar surface area (TPSA) is 131 Å². The van der Waals surface area contributed by atoms with E-state index < -0.39 is 5.78 Å². The molecule has 0 radical (unpaired) electrons. The molecule has 33 heavy (non-hydrogen) atoms. The summed E-state index contributed by atoms with van der Waals surface area (Å²) in [7, 11) is 3.99. The van der Waals surface area contributed by atoms with Gasteiger partial charge in [0.1, 0.15) is 17.0 Å². The lowest BCUT2D eigenvalue weighted by molar-refractivity contribution is 0.0694. The average Bonchev–Trinajstić information content (AvgIpc) is 2.87. The van der Waals surface area contributed by atoms with Crippen LogP contribution in [0.3, 0.4) is 0 Å². The maximum Gasteiger partial charge on any atom is 0.270 e. The van der Waals surface area contributed by atoms with Gasteiger partial charge in [-0.2, -0.15) is 0 Å². The van der Waals surface area contributed by atoms with Crippen LogP contribution >= 0.6 is 0 Å². The Kier molecular flexibility index (Phi) is 10.2. The third-order valence-corrected chi connectivity index (χ3v) is 4.96. The predicted octanol–water partition coefficient (Wildman–Crippen LogP) is 2.68. The number of rotatable bonds is 8. The number of allylic oxidation sites excluding steroid dienone is 3. The van der Waals surface area contributed by atoms with Crippen LogP contribution in [0.5, 0.6) is 5.75 Å². The number of aliphatic hydroxyl groups excluding tert-OH is 1. The summed E-state index contributed by atoms with van der Waals surface area (Å²) in [6.07, 6.45) is 6.82. The lowest BCUT2D eigenvalue weighted by Gasteiger charge is -2.23. The number of ether oxygens (including phenoxy) is 3. The number of methoxy groups -OCH3 is 2. The molecule has 0 spiro atoms. The molecule has 0 atom stereocenters. The van der Waals surface area contributed by atoms with E-state index in [-0.39, 0.29) is 28.8 Å². The quantitative estimate of drug-likeness (QED) is 0.183. The number of carbonyl (C=O) groups excluding carboxylic acids is 2. The van der Waals surface area contributed by atoms with Crippen molar-refractivity contribution in [1.82, 2.24) is 10.3 Å². The molecular weight excluding hydrogens is 426 g/mol. The first-order valence-electron chi connectivity index (χ1n) is 10.3. The summed E-state index contributed by atoms with van der Waals surface area (Å²) in [5, 5.41) is 18.2. The van der Waals surface area contributed by atoms with E-state index in [1.54, 1.807) is 18.2 Å². The number of nitrogens with one attached hydrogen (secondary N) is 2. The van der Waals surface area contributed by atoms with Gasteiger partial charge in [-0.15, -0.1) is 0 Å². The van der Waals surface area contributed by atoms with Gasteiger partial charge in [-0.1, -0.05) is 12.1 Å². The molecule has 1 aliphatic rings. The maximum atomic E-state index is 13.2. The molecule has 9 heteroatoms. The second-order valence-corrected chi connectivity index (χ2v) is 6.93.